The van der Waals surface area contributed by atoms with E-state index < -0.39 is 0 Å². The lowest BCUT2D eigenvalue weighted by molar-refractivity contribution is 0.717. The first-order chi connectivity index (χ1) is 8.22. The van der Waals surface area contributed by atoms with Gasteiger partial charge < -0.3 is 10.6 Å². The topological polar surface area (TPSA) is 29.3 Å². The first kappa shape index (κ1) is 12.5. The first-order valence-electron chi connectivity index (χ1n) is 6.11. The van der Waals surface area contributed by atoms with E-state index in [-0.39, 0.29) is 6.04 Å². The van der Waals surface area contributed by atoms with Gasteiger partial charge in [-0.3, -0.25) is 0 Å². The molecule has 92 valence electrons. The molecule has 0 aromatic heterocycles. The summed E-state index contributed by atoms with van der Waals surface area (Å²) < 4.78 is 0. The van der Waals surface area contributed by atoms with Crippen LogP contribution in [0.4, 0.5) is 5.69 Å². The fraction of sp³-hybridized carbons (Fsp3) is 0.429. The monoisotopic (exact) mass is 250 g/mol. The van der Waals surface area contributed by atoms with Gasteiger partial charge in [0.25, 0.3) is 0 Å². The van der Waals surface area contributed by atoms with Gasteiger partial charge in [-0.15, -0.1) is 0 Å². The second-order valence-corrected chi connectivity index (χ2v) is 4.84. The number of rotatable bonds is 3. The third-order valence-corrected chi connectivity index (χ3v) is 3.44. The van der Waals surface area contributed by atoms with Crippen LogP contribution in [0, 0.1) is 0 Å². The van der Waals surface area contributed by atoms with E-state index in [1.807, 2.05) is 13.0 Å². The van der Waals surface area contributed by atoms with Crippen molar-refractivity contribution in [1.82, 2.24) is 0 Å². The first-order valence-corrected chi connectivity index (χ1v) is 6.54. The zero-order valence-electron chi connectivity index (χ0n) is 10.2. The molecule has 1 aromatic rings. The summed E-state index contributed by atoms with van der Waals surface area (Å²) in [4.78, 5) is 2.36. The minimum atomic E-state index is 0.110. The van der Waals surface area contributed by atoms with E-state index in [9.17, 15) is 0 Å². The molecule has 2 nitrogen and oxygen atoms in total. The van der Waals surface area contributed by atoms with Crippen molar-refractivity contribution in [3.8, 4) is 0 Å². The number of aryl methyl sites for hydroxylation is 1. The van der Waals surface area contributed by atoms with Crippen LogP contribution in [-0.4, -0.2) is 13.1 Å². The van der Waals surface area contributed by atoms with Crippen LogP contribution >= 0.6 is 11.6 Å². The Morgan fingerprint density at radius 2 is 2.35 bits per heavy atom. The molecular weight excluding hydrogens is 232 g/mol. The van der Waals surface area contributed by atoms with E-state index in [1.54, 1.807) is 5.54 Å². The Bertz CT molecular complexity index is 413. The number of fused-ring (bicyclic) bond motifs is 1. The van der Waals surface area contributed by atoms with Crippen molar-refractivity contribution >= 4 is 17.3 Å². The van der Waals surface area contributed by atoms with Crippen molar-refractivity contribution < 1.29 is 0 Å². The number of anilines is 1. The summed E-state index contributed by atoms with van der Waals surface area (Å²) in [7, 11) is 0. The molecular formula is C14H19ClN2. The highest BCUT2D eigenvalue weighted by Gasteiger charge is 2.16. The summed E-state index contributed by atoms with van der Waals surface area (Å²) in [6.07, 6.45) is 4.33. The van der Waals surface area contributed by atoms with Gasteiger partial charge in [0.1, 0.15) is 0 Å². The molecule has 1 unspecified atom stereocenters. The molecule has 0 saturated carbocycles. The SMILES string of the molecule is CC(N)c1ccc2c(c1)CCCN2C/C=C/Cl. The van der Waals surface area contributed by atoms with Gasteiger partial charge in [0, 0.05) is 30.4 Å². The Morgan fingerprint density at radius 3 is 3.06 bits per heavy atom. The Balaban J connectivity index is 2.26. The average molecular weight is 251 g/mol. The van der Waals surface area contributed by atoms with E-state index in [1.165, 1.54) is 23.2 Å². The van der Waals surface area contributed by atoms with Crippen molar-refractivity contribution in [2.75, 3.05) is 18.0 Å². The van der Waals surface area contributed by atoms with Gasteiger partial charge in [-0.2, -0.15) is 0 Å². The van der Waals surface area contributed by atoms with Crippen LogP contribution < -0.4 is 10.6 Å². The van der Waals surface area contributed by atoms with Crippen LogP contribution in [0.3, 0.4) is 0 Å². The molecule has 0 fully saturated rings. The van der Waals surface area contributed by atoms with Crippen molar-refractivity contribution in [3.63, 3.8) is 0 Å². The Morgan fingerprint density at radius 1 is 1.53 bits per heavy atom. The molecule has 2 N–H and O–H groups in total. The molecule has 0 aliphatic carbocycles. The van der Waals surface area contributed by atoms with Crippen LogP contribution in [0.2, 0.25) is 0 Å². The number of halogens is 1. The van der Waals surface area contributed by atoms with Crippen molar-refractivity contribution in [2.24, 2.45) is 5.73 Å². The van der Waals surface area contributed by atoms with Crippen LogP contribution in [-0.2, 0) is 6.42 Å². The van der Waals surface area contributed by atoms with Gasteiger partial charge in [-0.25, -0.2) is 0 Å². The number of hydrogen-bond acceptors (Lipinski definition) is 2. The summed E-state index contributed by atoms with van der Waals surface area (Å²) in [6, 6.07) is 6.68. The zero-order valence-corrected chi connectivity index (χ0v) is 11.0. The predicted octanol–water partition coefficient (Wildman–Crippen LogP) is 3.21. The fourth-order valence-corrected chi connectivity index (χ4v) is 2.41. The van der Waals surface area contributed by atoms with Crippen LogP contribution in [0.25, 0.3) is 0 Å². The van der Waals surface area contributed by atoms with Crippen LogP contribution in [0.15, 0.2) is 29.8 Å². The summed E-state index contributed by atoms with van der Waals surface area (Å²) in [5.74, 6) is 0. The van der Waals surface area contributed by atoms with Crippen molar-refractivity contribution in [1.29, 1.82) is 0 Å². The maximum absolute atomic E-state index is 5.92. The standard InChI is InChI=1S/C14H19ClN2/c1-11(16)12-5-6-14-13(10-12)4-2-8-17(14)9-3-7-15/h3,5-7,10-11H,2,4,8-9,16H2,1H3/b7-3+. The molecule has 0 amide bonds. The smallest absolute Gasteiger partial charge is 0.0401 e. The molecule has 0 spiro atoms. The van der Waals surface area contributed by atoms with Gasteiger partial charge in [0.15, 0.2) is 0 Å². The van der Waals surface area contributed by atoms with E-state index in [4.69, 9.17) is 17.3 Å². The molecule has 0 saturated heterocycles. The summed E-state index contributed by atoms with van der Waals surface area (Å²) >= 11 is 5.59. The molecule has 1 heterocycles. The summed E-state index contributed by atoms with van der Waals surface area (Å²) in [6.45, 7) is 4.01. The maximum Gasteiger partial charge on any atom is 0.0401 e. The van der Waals surface area contributed by atoms with E-state index >= 15 is 0 Å². The molecule has 0 radical (unpaired) electrons. The van der Waals surface area contributed by atoms with Crippen LogP contribution in [0.5, 0.6) is 0 Å². The quantitative estimate of drug-likeness (QED) is 0.893. The second-order valence-electron chi connectivity index (χ2n) is 4.59. The highest BCUT2D eigenvalue weighted by atomic mass is 35.5. The Hall–Kier alpha value is -0.990. The molecule has 1 aliphatic heterocycles. The largest absolute Gasteiger partial charge is 0.368 e. The second kappa shape index (κ2) is 5.56. The van der Waals surface area contributed by atoms with Gasteiger partial charge in [0.05, 0.1) is 0 Å². The molecule has 17 heavy (non-hydrogen) atoms. The number of hydrogen-bond donors (Lipinski definition) is 1. The molecule has 1 aliphatic rings. The lowest BCUT2D eigenvalue weighted by Gasteiger charge is -2.31. The predicted molar refractivity (Wildman–Crippen MR) is 74.6 cm³/mol. The zero-order chi connectivity index (χ0) is 12.3. The lowest BCUT2D eigenvalue weighted by Crippen LogP contribution is -2.29. The normalized spacial score (nSPS) is 17.2. The Kier molecular flexibility index (Phi) is 4.08. The van der Waals surface area contributed by atoms with Gasteiger partial charge in [-0.05, 0) is 37.0 Å². The van der Waals surface area contributed by atoms with E-state index in [0.29, 0.717) is 0 Å². The number of nitrogens with zero attached hydrogens (tertiary/aromatic N) is 1. The van der Waals surface area contributed by atoms with Crippen molar-refractivity contribution in [2.45, 2.75) is 25.8 Å². The Labute approximate surface area is 108 Å². The third-order valence-electron chi connectivity index (χ3n) is 3.26. The highest BCUT2D eigenvalue weighted by molar-refractivity contribution is 6.25. The number of benzene rings is 1. The molecule has 2 rings (SSSR count). The van der Waals surface area contributed by atoms with Crippen LogP contribution in [0.1, 0.15) is 30.5 Å². The number of nitrogens with two attached hydrogens (primary N) is 1. The van der Waals surface area contributed by atoms with Gasteiger partial charge in [-0.1, -0.05) is 29.8 Å². The third kappa shape index (κ3) is 2.82. The summed E-state index contributed by atoms with van der Waals surface area (Å²) in [5.41, 5.74) is 11.5. The minimum Gasteiger partial charge on any atom is -0.368 e. The molecule has 0 bridgehead atoms. The molecule has 1 aromatic carbocycles. The molecule has 3 heteroatoms. The van der Waals surface area contributed by atoms with Gasteiger partial charge >= 0.3 is 0 Å². The van der Waals surface area contributed by atoms with E-state index in [2.05, 4.69) is 23.1 Å². The maximum atomic E-state index is 5.92. The fourth-order valence-electron chi connectivity index (χ4n) is 2.33. The highest BCUT2D eigenvalue weighted by Crippen LogP contribution is 2.29. The van der Waals surface area contributed by atoms with E-state index in [0.717, 1.165) is 19.5 Å². The average Bonchev–Trinajstić information content (AvgIpc) is 2.35. The lowest BCUT2D eigenvalue weighted by atomic mass is 9.97. The molecule has 1 atom stereocenters. The minimum absolute atomic E-state index is 0.110. The van der Waals surface area contributed by atoms with Gasteiger partial charge in [0.2, 0.25) is 0 Å². The van der Waals surface area contributed by atoms with Crippen molar-refractivity contribution in [3.05, 3.63) is 40.9 Å². The summed E-state index contributed by atoms with van der Waals surface area (Å²) in [5, 5.41) is 0.